The average molecular weight is 483 g/mol. The summed E-state index contributed by atoms with van der Waals surface area (Å²) in [5.74, 6) is 2.79. The Morgan fingerprint density at radius 2 is 1.97 bits per heavy atom. The molecule has 9 heteroatoms. The van der Waals surface area contributed by atoms with Crippen molar-refractivity contribution in [2.45, 2.75) is 17.9 Å². The lowest BCUT2D eigenvalue weighted by molar-refractivity contribution is -0.130. The van der Waals surface area contributed by atoms with Gasteiger partial charge in [-0.2, -0.15) is 0 Å². The van der Waals surface area contributed by atoms with Gasteiger partial charge in [-0.05, 0) is 53.5 Å². The van der Waals surface area contributed by atoms with Gasteiger partial charge in [0.05, 0.1) is 5.56 Å². The van der Waals surface area contributed by atoms with Gasteiger partial charge in [-0.25, -0.2) is 9.97 Å². The fourth-order valence-corrected chi connectivity index (χ4v) is 5.43. The van der Waals surface area contributed by atoms with Crippen molar-refractivity contribution in [2.75, 3.05) is 32.1 Å². The predicted octanol–water partition coefficient (Wildman–Crippen LogP) is 3.72. The summed E-state index contributed by atoms with van der Waals surface area (Å²) in [7, 11) is 3.40. The summed E-state index contributed by atoms with van der Waals surface area (Å²) >= 11 is 5.07. The van der Waals surface area contributed by atoms with Crippen molar-refractivity contribution >= 4 is 40.2 Å². The molecule has 3 aromatic rings. The number of aromatic nitrogens is 2. The number of nitrogens with zero attached hydrogens (tertiary/aromatic N) is 4. The maximum atomic E-state index is 12.4. The molecule has 0 aliphatic carbocycles. The molecule has 0 spiro atoms. The Morgan fingerprint density at radius 3 is 2.73 bits per heavy atom. The van der Waals surface area contributed by atoms with Crippen molar-refractivity contribution in [1.29, 1.82) is 0 Å². The summed E-state index contributed by atoms with van der Waals surface area (Å²) in [5.41, 5.74) is 4.81. The molecule has 3 heterocycles. The number of likely N-dealkylation sites (N-methyl/N-ethyl adjacent to an activating group) is 1. The van der Waals surface area contributed by atoms with Crippen LogP contribution in [0.15, 0.2) is 42.5 Å². The Kier molecular flexibility index (Phi) is 5.90. The van der Waals surface area contributed by atoms with Gasteiger partial charge in [0.25, 0.3) is 5.91 Å². The fourth-order valence-electron chi connectivity index (χ4n) is 4.04. The summed E-state index contributed by atoms with van der Waals surface area (Å²) in [6, 6.07) is 13.3. The second-order valence-corrected chi connectivity index (χ2v) is 10.2. The number of amides is 1. The first-order valence-electron chi connectivity index (χ1n) is 10.6. The van der Waals surface area contributed by atoms with E-state index in [1.165, 1.54) is 10.5 Å². The number of carbonyl (C=O) groups excluding carboxylic acids is 1. The van der Waals surface area contributed by atoms with Crippen LogP contribution in [0.1, 0.15) is 16.8 Å². The van der Waals surface area contributed by atoms with Crippen LogP contribution in [0, 0.1) is 0 Å². The minimum absolute atomic E-state index is 0.0195. The van der Waals surface area contributed by atoms with E-state index >= 15 is 0 Å². The highest BCUT2D eigenvalue weighted by atomic mass is 35.5. The SMILES string of the molecule is CN(C)C(=O)COc1ccc2c(c1)N(c1nc(-c3ccc(Cl)cc3)nc3c1C[S+]([O-])C3)CC2. The van der Waals surface area contributed by atoms with E-state index in [0.717, 1.165) is 41.3 Å². The average Bonchev–Trinajstić information content (AvgIpc) is 3.39. The summed E-state index contributed by atoms with van der Waals surface area (Å²) < 4.78 is 18.2. The van der Waals surface area contributed by atoms with Gasteiger partial charge < -0.3 is 19.1 Å². The van der Waals surface area contributed by atoms with Gasteiger partial charge in [-0.1, -0.05) is 17.7 Å². The molecule has 0 N–H and O–H groups in total. The number of rotatable bonds is 5. The van der Waals surface area contributed by atoms with Crippen LogP contribution in [0.25, 0.3) is 11.4 Å². The lowest BCUT2D eigenvalue weighted by atomic mass is 10.1. The van der Waals surface area contributed by atoms with Crippen LogP contribution in [0.5, 0.6) is 5.75 Å². The second kappa shape index (κ2) is 8.85. The lowest BCUT2D eigenvalue weighted by Crippen LogP contribution is -2.27. The number of anilines is 2. The number of fused-ring (bicyclic) bond motifs is 2. The predicted molar refractivity (Wildman–Crippen MR) is 129 cm³/mol. The Morgan fingerprint density at radius 1 is 1.18 bits per heavy atom. The van der Waals surface area contributed by atoms with E-state index in [9.17, 15) is 9.35 Å². The molecule has 1 amide bonds. The van der Waals surface area contributed by atoms with E-state index in [1.54, 1.807) is 14.1 Å². The molecule has 2 aromatic carbocycles. The van der Waals surface area contributed by atoms with Crippen LogP contribution in [0.4, 0.5) is 11.5 Å². The van der Waals surface area contributed by atoms with Crippen LogP contribution in [0.2, 0.25) is 5.02 Å². The molecule has 1 atom stereocenters. The first kappa shape index (κ1) is 22.0. The first-order chi connectivity index (χ1) is 15.9. The van der Waals surface area contributed by atoms with E-state index in [-0.39, 0.29) is 12.5 Å². The molecule has 0 bridgehead atoms. The number of halogens is 1. The topological polar surface area (TPSA) is 81.6 Å². The third-order valence-electron chi connectivity index (χ3n) is 5.85. The minimum Gasteiger partial charge on any atom is -0.616 e. The minimum atomic E-state index is -0.990. The molecule has 170 valence electrons. The van der Waals surface area contributed by atoms with Crippen LogP contribution < -0.4 is 9.64 Å². The van der Waals surface area contributed by atoms with E-state index in [0.29, 0.717) is 28.1 Å². The van der Waals surface area contributed by atoms with Crippen LogP contribution in [0.3, 0.4) is 0 Å². The largest absolute Gasteiger partial charge is 0.616 e. The standard InChI is InChI=1S/C24H23ClN4O3S/c1-28(2)22(30)12-32-18-8-5-15-9-10-29(21(15)11-18)24-19-13-33(31)14-20(19)26-23(27-24)16-3-6-17(25)7-4-16/h3-8,11H,9-10,12-14H2,1-2H3. The normalized spacial score (nSPS) is 16.5. The highest BCUT2D eigenvalue weighted by Crippen LogP contribution is 2.41. The molecule has 0 saturated carbocycles. The van der Waals surface area contributed by atoms with Gasteiger partial charge in [-0.3, -0.25) is 4.79 Å². The number of hydrogen-bond acceptors (Lipinski definition) is 6. The Balaban J connectivity index is 1.52. The quantitative estimate of drug-likeness (QED) is 0.515. The number of carbonyl (C=O) groups is 1. The lowest BCUT2D eigenvalue weighted by Gasteiger charge is -2.22. The fraction of sp³-hybridized carbons (Fsp3) is 0.292. The molecule has 2 aliphatic heterocycles. The van der Waals surface area contributed by atoms with Gasteiger partial charge in [-0.15, -0.1) is 0 Å². The molecular formula is C24H23ClN4O3S. The van der Waals surface area contributed by atoms with E-state index in [4.69, 9.17) is 26.3 Å². The molecule has 0 radical (unpaired) electrons. The number of ether oxygens (including phenoxy) is 1. The second-order valence-electron chi connectivity index (χ2n) is 8.30. The van der Waals surface area contributed by atoms with E-state index < -0.39 is 11.2 Å². The molecule has 2 aliphatic rings. The third kappa shape index (κ3) is 4.38. The maximum absolute atomic E-state index is 12.4. The highest BCUT2D eigenvalue weighted by molar-refractivity contribution is 7.90. The third-order valence-corrected chi connectivity index (χ3v) is 7.30. The zero-order chi connectivity index (χ0) is 23.1. The molecule has 1 unspecified atom stereocenters. The zero-order valence-corrected chi connectivity index (χ0v) is 19.9. The van der Waals surface area contributed by atoms with Crippen LogP contribution in [-0.4, -0.2) is 52.6 Å². The zero-order valence-electron chi connectivity index (χ0n) is 18.4. The van der Waals surface area contributed by atoms with Crippen molar-refractivity contribution < 1.29 is 14.1 Å². The Bertz CT molecular complexity index is 1220. The van der Waals surface area contributed by atoms with Crippen molar-refractivity contribution in [3.8, 4) is 17.1 Å². The van der Waals surface area contributed by atoms with E-state index in [1.807, 2.05) is 42.5 Å². The van der Waals surface area contributed by atoms with Crippen molar-refractivity contribution in [3.05, 3.63) is 64.3 Å². The van der Waals surface area contributed by atoms with Crippen molar-refractivity contribution in [2.24, 2.45) is 0 Å². The maximum Gasteiger partial charge on any atom is 0.259 e. The van der Waals surface area contributed by atoms with Crippen LogP contribution >= 0.6 is 11.6 Å². The summed E-state index contributed by atoms with van der Waals surface area (Å²) in [6.07, 6.45) is 0.865. The van der Waals surface area contributed by atoms with Gasteiger partial charge in [0, 0.05) is 43.0 Å². The number of hydrogen-bond donors (Lipinski definition) is 0. The summed E-state index contributed by atoms with van der Waals surface area (Å²) in [5, 5.41) is 0.648. The first-order valence-corrected chi connectivity index (χ1v) is 12.5. The highest BCUT2D eigenvalue weighted by Gasteiger charge is 2.33. The van der Waals surface area contributed by atoms with Gasteiger partial charge in [0.15, 0.2) is 12.4 Å². The molecule has 33 heavy (non-hydrogen) atoms. The van der Waals surface area contributed by atoms with Gasteiger partial charge in [0.1, 0.15) is 28.8 Å². The molecule has 1 aromatic heterocycles. The van der Waals surface area contributed by atoms with Gasteiger partial charge in [0.2, 0.25) is 0 Å². The smallest absolute Gasteiger partial charge is 0.259 e. The van der Waals surface area contributed by atoms with Crippen molar-refractivity contribution in [3.63, 3.8) is 0 Å². The summed E-state index contributed by atoms with van der Waals surface area (Å²) in [6.45, 7) is 0.736. The molecule has 0 saturated heterocycles. The van der Waals surface area contributed by atoms with Crippen molar-refractivity contribution in [1.82, 2.24) is 14.9 Å². The molecular weight excluding hydrogens is 460 g/mol. The van der Waals surface area contributed by atoms with Gasteiger partial charge >= 0.3 is 0 Å². The molecule has 5 rings (SSSR count). The van der Waals surface area contributed by atoms with Crippen LogP contribution in [-0.2, 0) is 33.9 Å². The Labute approximate surface area is 200 Å². The molecule has 7 nitrogen and oxygen atoms in total. The Hall–Kier alpha value is -2.81. The molecule has 0 fully saturated rings. The number of benzene rings is 2. The summed E-state index contributed by atoms with van der Waals surface area (Å²) in [4.78, 5) is 25.2. The van der Waals surface area contributed by atoms with E-state index in [2.05, 4.69) is 4.90 Å². The monoisotopic (exact) mass is 482 g/mol.